The minimum Gasteiger partial charge on any atom is -0.394 e. The van der Waals surface area contributed by atoms with E-state index in [4.69, 9.17) is 19.7 Å². The molecular formula is C18H25Ac6N3O10S. The number of ether oxygens (including phenoxy) is 3. The van der Waals surface area contributed by atoms with Gasteiger partial charge in [-0.05, 0) is 17.7 Å². The molecule has 2 fully saturated rings. The average molecular weight is 1840 g/mol. The van der Waals surface area contributed by atoms with Gasteiger partial charge in [0.1, 0.15) is 48.1 Å². The molecule has 1 aromatic rings. The molecule has 6 N–H and O–H groups in total. The van der Waals surface area contributed by atoms with Crippen molar-refractivity contribution in [1.29, 1.82) is 0 Å². The molecule has 11 unspecified atom stereocenters. The number of aliphatic hydroxyl groups excluding tert-OH is 6. The van der Waals surface area contributed by atoms with E-state index in [-0.39, 0.29) is 264 Å². The van der Waals surface area contributed by atoms with Gasteiger partial charge in [0.2, 0.25) is 0 Å². The molecule has 20 heteroatoms. The fraction of sp³-hybridized carbons (Fsp3) is 0.667. The minimum absolute atomic E-state index is 0. The van der Waals surface area contributed by atoms with E-state index in [2.05, 4.69) is 10.0 Å². The minimum atomic E-state index is -1.89. The average Bonchev–Trinajstić information content (AvgIpc) is 2.81. The van der Waals surface area contributed by atoms with Crippen LogP contribution in [0.1, 0.15) is 0 Å². The third-order valence-corrected chi connectivity index (χ3v) is 6.88. The number of aliphatic hydroxyl groups is 6. The van der Waals surface area contributed by atoms with E-state index in [0.29, 0.717) is 4.90 Å². The van der Waals surface area contributed by atoms with Crippen LogP contribution in [0.3, 0.4) is 0 Å². The second kappa shape index (κ2) is 26.9. The molecule has 6 radical (unpaired) electrons. The Bertz CT molecular complexity index is 850. The summed E-state index contributed by atoms with van der Waals surface area (Å²) in [7, 11) is -1.89. The number of benzene rings is 1. The first kappa shape index (κ1) is 51.8. The fourth-order valence-electron chi connectivity index (χ4n) is 3.60. The number of hydrogen-bond acceptors (Lipinski definition) is 11. The van der Waals surface area contributed by atoms with Crippen LogP contribution in [0, 0.1) is 264 Å². The summed E-state index contributed by atoms with van der Waals surface area (Å²) in [6, 6.07) is 6.71. The van der Waals surface area contributed by atoms with Crippen molar-refractivity contribution in [3.8, 4) is 0 Å². The molecule has 3 rings (SSSR count). The smallest absolute Gasteiger partial charge is 0.187 e. The summed E-state index contributed by atoms with van der Waals surface area (Å²) in [6.07, 6.45) is -12.4. The molecule has 0 aromatic heterocycles. The normalized spacial score (nSPS) is 34.5. The molecule has 2 aliphatic rings. The SMILES string of the molecule is [Ac].[Ac].[Ac].[Ac].[Ac].[Ac].[N-]=[N+]=NC1C(O)C(OC2OC(CO)C(O)C(O)C2O)C(CO)OC1S(=O)c1ccccc1. The van der Waals surface area contributed by atoms with Gasteiger partial charge < -0.3 is 44.8 Å². The van der Waals surface area contributed by atoms with E-state index in [1.807, 2.05) is 0 Å². The topological polar surface area (TPSA) is 215 Å². The summed E-state index contributed by atoms with van der Waals surface area (Å²) in [4.78, 5) is 3.02. The van der Waals surface area contributed by atoms with E-state index in [9.17, 15) is 34.8 Å². The zero-order valence-electron chi connectivity index (χ0n) is 20.1. The van der Waals surface area contributed by atoms with Crippen molar-refractivity contribution in [2.45, 2.75) is 65.4 Å². The van der Waals surface area contributed by atoms with Crippen molar-refractivity contribution in [3.63, 3.8) is 0 Å². The molecule has 38 heavy (non-hydrogen) atoms. The molecule has 2 saturated heterocycles. The van der Waals surface area contributed by atoms with Crippen molar-refractivity contribution in [3.05, 3.63) is 40.8 Å². The van der Waals surface area contributed by atoms with Gasteiger partial charge in [0.05, 0.1) is 30.1 Å². The van der Waals surface area contributed by atoms with Crippen molar-refractivity contribution < 1.29 is 313 Å². The van der Waals surface area contributed by atoms with E-state index in [1.165, 1.54) is 0 Å². The molecule has 0 spiro atoms. The molecule has 2 aliphatic heterocycles. The number of nitrogens with zero attached hydrogens (tertiary/aromatic N) is 3. The number of azide groups is 1. The maximum Gasteiger partial charge on any atom is 0.187 e. The van der Waals surface area contributed by atoms with Gasteiger partial charge in [0.15, 0.2) is 6.29 Å². The summed E-state index contributed by atoms with van der Waals surface area (Å²) in [5, 5.41) is 63.5. The summed E-state index contributed by atoms with van der Waals surface area (Å²) >= 11 is 0. The standard InChI is InChI=1S/C18H25N3O10S.6Ac/c19-21-20-11-13(25)16(31-17-15(27)14(26)12(24)9(6-22)29-17)10(7-23)30-18(11)32(28)8-4-2-1-3-5-8;;;;;;/h1-5,9-18,22-27H,6-7H2;;;;;;. The van der Waals surface area contributed by atoms with Crippen LogP contribution in [-0.2, 0) is 25.0 Å². The molecule has 13 nitrogen and oxygen atoms in total. The first-order chi connectivity index (χ1) is 15.3. The number of rotatable bonds is 7. The van der Waals surface area contributed by atoms with Crippen LogP contribution < -0.4 is 0 Å². The Balaban J connectivity index is -0.000000963. The predicted molar refractivity (Wildman–Crippen MR) is 106 cm³/mol. The van der Waals surface area contributed by atoms with Crippen LogP contribution >= 0.6 is 0 Å². The molecular weight excluding hydrogens is 1810 g/mol. The largest absolute Gasteiger partial charge is 0.394 e. The molecule has 11 atom stereocenters. The van der Waals surface area contributed by atoms with Crippen LogP contribution in [0.25, 0.3) is 10.4 Å². The van der Waals surface area contributed by atoms with E-state index >= 15 is 0 Å². The van der Waals surface area contributed by atoms with Crippen LogP contribution in [-0.4, -0.2) is 109 Å². The molecule has 0 amide bonds. The first-order valence-corrected chi connectivity index (χ1v) is 11.0. The molecule has 0 saturated carbocycles. The van der Waals surface area contributed by atoms with E-state index in [1.54, 1.807) is 30.3 Å². The second-order valence-corrected chi connectivity index (χ2v) is 8.85. The summed E-state index contributed by atoms with van der Waals surface area (Å²) < 4.78 is 29.5. The summed E-state index contributed by atoms with van der Waals surface area (Å²) in [5.41, 5.74) is 7.63. The Morgan fingerprint density at radius 2 is 1.39 bits per heavy atom. The Labute approximate surface area is 437 Å². The Morgan fingerprint density at radius 3 is 1.89 bits per heavy atom. The monoisotopic (exact) mass is 1840 g/mol. The maximum absolute atomic E-state index is 13.0. The molecule has 0 aliphatic carbocycles. The van der Waals surface area contributed by atoms with Crippen molar-refractivity contribution in [2.24, 2.45) is 5.11 Å². The van der Waals surface area contributed by atoms with Crippen LogP contribution in [0.2, 0.25) is 0 Å². The van der Waals surface area contributed by atoms with Crippen molar-refractivity contribution >= 4 is 10.8 Å². The van der Waals surface area contributed by atoms with Gasteiger partial charge in [0, 0.05) is 274 Å². The molecule has 0 bridgehead atoms. The summed E-state index contributed by atoms with van der Waals surface area (Å²) in [5.74, 6) is 0. The Hall–Kier alpha value is 6.97. The van der Waals surface area contributed by atoms with Crippen molar-refractivity contribution in [2.75, 3.05) is 13.2 Å². The van der Waals surface area contributed by atoms with Gasteiger partial charge in [-0.25, -0.2) is 0 Å². The van der Waals surface area contributed by atoms with Gasteiger partial charge in [-0.1, -0.05) is 23.3 Å². The van der Waals surface area contributed by atoms with E-state index in [0.717, 1.165) is 0 Å². The third kappa shape index (κ3) is 13.8. The summed E-state index contributed by atoms with van der Waals surface area (Å²) in [6.45, 7) is -1.40. The quantitative estimate of drug-likeness (QED) is 0.0980. The number of hydrogen-bond donors (Lipinski definition) is 6. The predicted octanol–water partition coefficient (Wildman–Crippen LogP) is -2.26. The molecule has 196 valence electrons. The second-order valence-electron chi connectivity index (χ2n) is 7.32. The zero-order chi connectivity index (χ0) is 23.4. The third-order valence-electron chi connectivity index (χ3n) is 5.33. The van der Waals surface area contributed by atoms with E-state index < -0.39 is 84.5 Å². The molecule has 1 aromatic carbocycles. The van der Waals surface area contributed by atoms with Gasteiger partial charge in [-0.2, -0.15) is 0 Å². The van der Waals surface area contributed by atoms with Gasteiger partial charge in [-0.3, -0.25) is 4.21 Å². The maximum atomic E-state index is 13.0. The van der Waals surface area contributed by atoms with Gasteiger partial charge >= 0.3 is 0 Å². The fourth-order valence-corrected chi connectivity index (χ4v) is 5.01. The van der Waals surface area contributed by atoms with Gasteiger partial charge in [0.25, 0.3) is 0 Å². The van der Waals surface area contributed by atoms with Crippen LogP contribution in [0.4, 0.5) is 0 Å². The van der Waals surface area contributed by atoms with Gasteiger partial charge in [-0.15, -0.1) is 0 Å². The Morgan fingerprint density at radius 1 is 0.842 bits per heavy atom. The molecule has 2 heterocycles. The van der Waals surface area contributed by atoms with Crippen LogP contribution in [0.5, 0.6) is 0 Å². The van der Waals surface area contributed by atoms with Crippen LogP contribution in [0.15, 0.2) is 40.3 Å². The Kier molecular flexibility index (Phi) is 36.6. The van der Waals surface area contributed by atoms with Crippen molar-refractivity contribution in [1.82, 2.24) is 0 Å². The zero-order valence-corrected chi connectivity index (χ0v) is 49.4. The first-order valence-electron chi connectivity index (χ1n) is 9.74.